The minimum atomic E-state index is -5.77. The number of aromatic amines is 1. The highest BCUT2D eigenvalue weighted by Gasteiger charge is 2.57. The molecule has 0 amide bonds. The van der Waals surface area contributed by atoms with Gasteiger partial charge in [0.05, 0.1) is 18.8 Å². The summed E-state index contributed by atoms with van der Waals surface area (Å²) in [6.45, 7) is 1.77. The van der Waals surface area contributed by atoms with E-state index in [1.165, 1.54) is 6.92 Å². The van der Waals surface area contributed by atoms with Crippen LogP contribution in [0.15, 0.2) is 21.9 Å². The van der Waals surface area contributed by atoms with E-state index in [0.717, 1.165) is 23.8 Å². The second kappa shape index (κ2) is 10.3. The predicted molar refractivity (Wildman–Crippen MR) is 111 cm³/mol. The van der Waals surface area contributed by atoms with Gasteiger partial charge in [-0.1, -0.05) is 5.92 Å². The number of nitrogens with two attached hydrogens (primary N) is 1. The minimum Gasteiger partial charge on any atom is -0.396 e. The van der Waals surface area contributed by atoms with E-state index >= 15 is 0 Å². The molecule has 8 N–H and O–H groups in total. The molecule has 192 valence electrons. The summed E-state index contributed by atoms with van der Waals surface area (Å²) in [7, 11) is -16.9. The zero-order chi connectivity index (χ0) is 26.1. The Labute approximate surface area is 190 Å². The maximum absolute atomic E-state index is 12.3. The number of aliphatic hydroxyl groups excluding tert-OH is 1. The summed E-state index contributed by atoms with van der Waals surface area (Å²) in [6, 6.07) is 0.987. The van der Waals surface area contributed by atoms with Crippen LogP contribution in [0.5, 0.6) is 0 Å². The molecule has 1 saturated heterocycles. The lowest BCUT2D eigenvalue weighted by molar-refractivity contribution is -0.0682. The van der Waals surface area contributed by atoms with Gasteiger partial charge in [-0.05, 0) is 13.8 Å². The van der Waals surface area contributed by atoms with Crippen LogP contribution >= 0.6 is 23.5 Å². The summed E-state index contributed by atoms with van der Waals surface area (Å²) in [6.07, 6.45) is -3.36. The molecule has 1 aromatic rings. The van der Waals surface area contributed by atoms with E-state index < -0.39 is 71.2 Å². The van der Waals surface area contributed by atoms with Crippen LogP contribution in [-0.4, -0.2) is 58.6 Å². The van der Waals surface area contributed by atoms with Crippen molar-refractivity contribution in [2.45, 2.75) is 37.8 Å². The van der Waals surface area contributed by atoms with Gasteiger partial charge in [0.2, 0.25) is 0 Å². The molecule has 0 aliphatic carbocycles. The maximum atomic E-state index is 12.3. The van der Waals surface area contributed by atoms with Crippen LogP contribution in [0.2, 0.25) is 0 Å². The number of hydrogen-bond donors (Lipinski definition) is 7. The second-order valence-electron chi connectivity index (χ2n) is 6.97. The summed E-state index contributed by atoms with van der Waals surface area (Å²) in [5.74, 6) is 3.94. The zero-order valence-electron chi connectivity index (χ0n) is 17.4. The first kappa shape index (κ1) is 28.8. The van der Waals surface area contributed by atoms with E-state index in [1.54, 1.807) is 0 Å². The van der Waals surface area contributed by atoms with E-state index in [4.69, 9.17) is 24.8 Å². The number of phosphoric ester groups is 1. The van der Waals surface area contributed by atoms with E-state index in [2.05, 4.69) is 20.5 Å². The quantitative estimate of drug-likeness (QED) is 0.136. The number of phosphoric acid groups is 3. The number of nitrogens with zero attached hydrogens (tertiary/aromatic N) is 1. The number of aliphatic hydroxyl groups is 1. The molecule has 17 nitrogen and oxygen atoms in total. The Morgan fingerprint density at radius 2 is 1.85 bits per heavy atom. The van der Waals surface area contributed by atoms with Crippen LogP contribution in [0.3, 0.4) is 0 Å². The topological polar surface area (TPSA) is 270 Å². The van der Waals surface area contributed by atoms with Gasteiger partial charge >= 0.3 is 29.2 Å². The third kappa shape index (κ3) is 6.81. The van der Waals surface area contributed by atoms with Crippen molar-refractivity contribution in [3.8, 4) is 11.8 Å². The van der Waals surface area contributed by atoms with Crippen molar-refractivity contribution < 1.29 is 56.3 Å². The normalized spacial score (nSPS) is 29.5. The molecule has 1 aromatic heterocycles. The Bertz CT molecular complexity index is 1230. The lowest BCUT2D eigenvalue weighted by Crippen LogP contribution is -2.53. The Morgan fingerprint density at radius 1 is 1.24 bits per heavy atom. The lowest BCUT2D eigenvalue weighted by atomic mass is 9.81. The lowest BCUT2D eigenvalue weighted by Gasteiger charge is -2.30. The number of rotatable bonds is 9. The molecule has 0 bridgehead atoms. The molecule has 34 heavy (non-hydrogen) atoms. The molecule has 0 radical (unpaired) electrons. The molecule has 0 saturated carbocycles. The molecule has 0 spiro atoms. The van der Waals surface area contributed by atoms with Crippen molar-refractivity contribution in [1.82, 2.24) is 9.55 Å². The van der Waals surface area contributed by atoms with Gasteiger partial charge in [-0.3, -0.25) is 18.9 Å². The highest BCUT2D eigenvalue weighted by molar-refractivity contribution is 7.66. The van der Waals surface area contributed by atoms with Crippen molar-refractivity contribution in [3.05, 3.63) is 33.1 Å². The van der Waals surface area contributed by atoms with Gasteiger partial charge in [0.15, 0.2) is 6.23 Å². The summed E-state index contributed by atoms with van der Waals surface area (Å²) < 4.78 is 53.1. The predicted octanol–water partition coefficient (Wildman–Crippen LogP) is -1.50. The van der Waals surface area contributed by atoms with Crippen molar-refractivity contribution in [3.63, 3.8) is 0 Å². The zero-order valence-corrected chi connectivity index (χ0v) is 20.1. The van der Waals surface area contributed by atoms with Crippen LogP contribution in [0.25, 0.3) is 0 Å². The van der Waals surface area contributed by atoms with Crippen molar-refractivity contribution in [1.29, 1.82) is 0 Å². The third-order valence-electron chi connectivity index (χ3n) is 4.52. The molecule has 1 fully saturated rings. The van der Waals surface area contributed by atoms with Crippen LogP contribution in [-0.2, 0) is 31.6 Å². The average molecular weight is 549 g/mol. The van der Waals surface area contributed by atoms with Gasteiger partial charge in [-0.2, -0.15) is 8.62 Å². The fraction of sp³-hybridized carbons (Fsp3) is 0.571. The monoisotopic (exact) mass is 549 g/mol. The highest BCUT2D eigenvalue weighted by Crippen LogP contribution is 2.66. The van der Waals surface area contributed by atoms with Crippen molar-refractivity contribution in [2.24, 2.45) is 11.7 Å². The molecule has 4 unspecified atom stereocenters. The first-order chi connectivity index (χ1) is 15.4. The summed E-state index contributed by atoms with van der Waals surface area (Å²) in [4.78, 5) is 61.9. The largest absolute Gasteiger partial charge is 0.490 e. The first-order valence-electron chi connectivity index (χ1n) is 9.07. The fourth-order valence-corrected chi connectivity index (χ4v) is 6.55. The van der Waals surface area contributed by atoms with Crippen molar-refractivity contribution >= 4 is 23.5 Å². The SMILES string of the molecule is CC#CC1(N)C(CO)[C@@H]([C@H](C)OP(=O)(O)OP(=O)(O)OP(=O)(O)O)O[C@H]1n1ccc(=O)[nH]c1=O. The van der Waals surface area contributed by atoms with Gasteiger partial charge in [-0.25, -0.2) is 18.5 Å². The molecule has 7 atom stereocenters. The van der Waals surface area contributed by atoms with Crippen molar-refractivity contribution in [2.75, 3.05) is 6.61 Å². The Balaban J connectivity index is 2.38. The number of H-pyrrole nitrogens is 1. The molecule has 0 aromatic carbocycles. The number of ether oxygens (including phenoxy) is 1. The highest BCUT2D eigenvalue weighted by atomic mass is 31.3. The van der Waals surface area contributed by atoms with Gasteiger partial charge in [0, 0.05) is 18.2 Å². The Morgan fingerprint density at radius 3 is 2.35 bits per heavy atom. The molecule has 1 aliphatic rings. The summed E-state index contributed by atoms with van der Waals surface area (Å²) in [5, 5.41) is 9.96. The maximum Gasteiger partial charge on any atom is 0.490 e. The van der Waals surface area contributed by atoms with Crippen LogP contribution in [0.1, 0.15) is 20.1 Å². The van der Waals surface area contributed by atoms with Crippen LogP contribution in [0, 0.1) is 17.8 Å². The van der Waals surface area contributed by atoms with Gasteiger partial charge < -0.3 is 35.2 Å². The van der Waals surface area contributed by atoms with Crippen LogP contribution in [0.4, 0.5) is 0 Å². The average Bonchev–Trinajstić information content (AvgIpc) is 2.90. The smallest absolute Gasteiger partial charge is 0.396 e. The summed E-state index contributed by atoms with van der Waals surface area (Å²) >= 11 is 0. The van der Waals surface area contributed by atoms with Gasteiger partial charge in [-0.15, -0.1) is 5.92 Å². The molecular weight excluding hydrogens is 527 g/mol. The third-order valence-corrected chi connectivity index (χ3v) is 8.45. The number of nitrogens with one attached hydrogen (secondary N) is 1. The van der Waals surface area contributed by atoms with Gasteiger partial charge in [0.1, 0.15) is 5.54 Å². The van der Waals surface area contributed by atoms with E-state index in [0.29, 0.717) is 0 Å². The Kier molecular flexibility index (Phi) is 8.68. The molecule has 20 heteroatoms. The molecule has 1 aliphatic heterocycles. The molecular formula is C14H22N3O14P3. The number of hydrogen-bond acceptors (Lipinski definition) is 11. The summed E-state index contributed by atoms with van der Waals surface area (Å²) in [5.41, 5.74) is 2.89. The minimum absolute atomic E-state index is 0.722. The Hall–Kier alpha value is -1.47. The molecule has 2 heterocycles. The molecule has 2 rings (SSSR count). The second-order valence-corrected chi connectivity index (χ2v) is 11.3. The number of aromatic nitrogens is 2. The van der Waals surface area contributed by atoms with Crippen LogP contribution < -0.4 is 17.0 Å². The van der Waals surface area contributed by atoms with E-state index in [9.17, 15) is 38.2 Å². The van der Waals surface area contributed by atoms with E-state index in [1.807, 2.05) is 4.98 Å². The standard InChI is InChI=1S/C14H22N3O14P3/c1-3-5-14(15)9(7-18)11(28-12(14)17-6-4-10(19)16-13(17)20)8(2)29-33(24,25)31-34(26,27)30-32(21,22)23/h4,6,8-9,11-12,18H,7,15H2,1-2H3,(H,24,25)(H,26,27)(H,16,19,20)(H2,21,22,23)/t8-,9?,11+,12+,14?/m0/s1. The van der Waals surface area contributed by atoms with E-state index in [-0.39, 0.29) is 0 Å². The first-order valence-corrected chi connectivity index (χ1v) is 13.6. The fourth-order valence-electron chi connectivity index (χ4n) is 3.35. The van der Waals surface area contributed by atoms with Gasteiger partial charge in [0.25, 0.3) is 5.56 Å².